The van der Waals surface area contributed by atoms with Gasteiger partial charge in [-0.3, -0.25) is 0 Å². The zero-order valence-corrected chi connectivity index (χ0v) is 13.4. The molecule has 0 unspecified atom stereocenters. The van der Waals surface area contributed by atoms with E-state index in [-0.39, 0.29) is 0 Å². The Kier molecular flexibility index (Phi) is 5.61. The number of hydrogen-bond donors (Lipinski definition) is 1. The lowest BCUT2D eigenvalue weighted by Crippen LogP contribution is -2.06. The number of anilines is 1. The topological polar surface area (TPSA) is 47.0 Å². The standard InChI is InChI=1S/C14H15BrClN3O/c1-2-6-17-14-18-8-12(16)13(19-14)20-9-10-4-3-5-11(15)7-10/h3-5,7-8H,2,6,9H2,1H3,(H,17,18,19). The highest BCUT2D eigenvalue weighted by molar-refractivity contribution is 9.10. The number of hydrogen-bond acceptors (Lipinski definition) is 4. The van der Waals surface area contributed by atoms with Gasteiger partial charge in [0.1, 0.15) is 11.6 Å². The van der Waals surface area contributed by atoms with Gasteiger partial charge in [-0.25, -0.2) is 4.98 Å². The van der Waals surface area contributed by atoms with Gasteiger partial charge in [0.2, 0.25) is 11.8 Å². The molecule has 0 atom stereocenters. The Bertz CT molecular complexity index is 580. The minimum atomic E-state index is 0.389. The molecule has 0 spiro atoms. The predicted octanol–water partition coefficient (Wildman–Crippen LogP) is 4.29. The fourth-order valence-corrected chi connectivity index (χ4v) is 2.15. The molecule has 2 aromatic rings. The minimum Gasteiger partial charge on any atom is -0.472 e. The van der Waals surface area contributed by atoms with Crippen molar-refractivity contribution in [3.63, 3.8) is 0 Å². The summed E-state index contributed by atoms with van der Waals surface area (Å²) in [5, 5.41) is 3.51. The number of halogens is 2. The summed E-state index contributed by atoms with van der Waals surface area (Å²) in [6.45, 7) is 3.30. The van der Waals surface area contributed by atoms with E-state index in [1.54, 1.807) is 6.20 Å². The van der Waals surface area contributed by atoms with Crippen LogP contribution in [0.1, 0.15) is 18.9 Å². The third kappa shape index (κ3) is 4.35. The van der Waals surface area contributed by atoms with Gasteiger partial charge in [0.05, 0.1) is 6.20 Å². The van der Waals surface area contributed by atoms with Crippen LogP contribution in [0.2, 0.25) is 5.02 Å². The molecule has 4 nitrogen and oxygen atoms in total. The predicted molar refractivity (Wildman–Crippen MR) is 84.3 cm³/mol. The van der Waals surface area contributed by atoms with E-state index in [1.165, 1.54) is 0 Å². The zero-order chi connectivity index (χ0) is 14.4. The van der Waals surface area contributed by atoms with Crippen LogP contribution in [0.15, 0.2) is 34.9 Å². The number of ether oxygens (including phenoxy) is 1. The van der Waals surface area contributed by atoms with Crippen molar-refractivity contribution in [2.75, 3.05) is 11.9 Å². The van der Waals surface area contributed by atoms with Gasteiger partial charge in [0.15, 0.2) is 0 Å². The van der Waals surface area contributed by atoms with Gasteiger partial charge in [0, 0.05) is 11.0 Å². The van der Waals surface area contributed by atoms with Crippen molar-refractivity contribution >= 4 is 33.5 Å². The number of aromatic nitrogens is 2. The van der Waals surface area contributed by atoms with Crippen LogP contribution in [0.3, 0.4) is 0 Å². The highest BCUT2D eigenvalue weighted by Crippen LogP contribution is 2.23. The van der Waals surface area contributed by atoms with Crippen LogP contribution in [-0.4, -0.2) is 16.5 Å². The summed E-state index contributed by atoms with van der Waals surface area (Å²) in [6, 6.07) is 7.90. The van der Waals surface area contributed by atoms with E-state index in [1.807, 2.05) is 24.3 Å². The molecule has 106 valence electrons. The average Bonchev–Trinajstić information content (AvgIpc) is 2.45. The summed E-state index contributed by atoms with van der Waals surface area (Å²) >= 11 is 9.47. The molecule has 1 N–H and O–H groups in total. The number of rotatable bonds is 6. The Morgan fingerprint density at radius 1 is 1.40 bits per heavy atom. The molecule has 0 aliphatic rings. The van der Waals surface area contributed by atoms with Crippen LogP contribution >= 0.6 is 27.5 Å². The van der Waals surface area contributed by atoms with Crippen molar-refractivity contribution in [2.24, 2.45) is 0 Å². The molecule has 20 heavy (non-hydrogen) atoms. The van der Waals surface area contributed by atoms with Crippen LogP contribution in [0.4, 0.5) is 5.95 Å². The second kappa shape index (κ2) is 7.45. The molecular formula is C14H15BrClN3O. The number of nitrogens with one attached hydrogen (secondary N) is 1. The maximum atomic E-state index is 6.04. The molecule has 0 radical (unpaired) electrons. The molecule has 1 aromatic carbocycles. The monoisotopic (exact) mass is 355 g/mol. The first-order valence-electron chi connectivity index (χ1n) is 6.32. The second-order valence-electron chi connectivity index (χ2n) is 4.19. The van der Waals surface area contributed by atoms with Gasteiger partial charge in [-0.15, -0.1) is 0 Å². The zero-order valence-electron chi connectivity index (χ0n) is 11.1. The molecular weight excluding hydrogens is 342 g/mol. The molecule has 2 rings (SSSR count). The van der Waals surface area contributed by atoms with Crippen LogP contribution in [0.5, 0.6) is 5.88 Å². The Hall–Kier alpha value is -1.33. The lowest BCUT2D eigenvalue weighted by molar-refractivity contribution is 0.294. The van der Waals surface area contributed by atoms with Crippen molar-refractivity contribution in [3.05, 3.63) is 45.5 Å². The van der Waals surface area contributed by atoms with Crippen LogP contribution in [-0.2, 0) is 6.61 Å². The summed E-state index contributed by atoms with van der Waals surface area (Å²) in [7, 11) is 0. The van der Waals surface area contributed by atoms with Crippen molar-refractivity contribution in [3.8, 4) is 5.88 Å². The van der Waals surface area contributed by atoms with Gasteiger partial charge >= 0.3 is 0 Å². The van der Waals surface area contributed by atoms with E-state index in [9.17, 15) is 0 Å². The molecule has 1 aromatic heterocycles. The molecule has 6 heteroatoms. The van der Waals surface area contributed by atoms with Gasteiger partial charge < -0.3 is 10.1 Å². The van der Waals surface area contributed by atoms with Crippen molar-refractivity contribution < 1.29 is 4.74 Å². The van der Waals surface area contributed by atoms with E-state index in [0.717, 1.165) is 23.0 Å². The van der Waals surface area contributed by atoms with E-state index in [4.69, 9.17) is 16.3 Å². The molecule has 0 saturated carbocycles. The Morgan fingerprint density at radius 3 is 3.00 bits per heavy atom. The third-order valence-corrected chi connectivity index (χ3v) is 3.26. The summed E-state index contributed by atoms with van der Waals surface area (Å²) < 4.78 is 6.67. The maximum absolute atomic E-state index is 6.04. The summed E-state index contributed by atoms with van der Waals surface area (Å²) in [4.78, 5) is 8.36. The van der Waals surface area contributed by atoms with Crippen LogP contribution in [0.25, 0.3) is 0 Å². The fraction of sp³-hybridized carbons (Fsp3) is 0.286. The molecule has 0 fully saturated rings. The molecule has 0 aliphatic heterocycles. The van der Waals surface area contributed by atoms with Gasteiger partial charge in [0.25, 0.3) is 0 Å². The van der Waals surface area contributed by atoms with Crippen LogP contribution in [0, 0.1) is 0 Å². The number of nitrogens with zero attached hydrogens (tertiary/aromatic N) is 2. The lowest BCUT2D eigenvalue weighted by Gasteiger charge is -2.09. The summed E-state index contributed by atoms with van der Waals surface area (Å²) in [5.41, 5.74) is 1.04. The van der Waals surface area contributed by atoms with E-state index < -0.39 is 0 Å². The summed E-state index contributed by atoms with van der Waals surface area (Å²) in [6.07, 6.45) is 2.54. The van der Waals surface area contributed by atoms with Crippen molar-refractivity contribution in [1.29, 1.82) is 0 Å². The minimum absolute atomic E-state index is 0.389. The van der Waals surface area contributed by atoms with Crippen LogP contribution < -0.4 is 10.1 Å². The molecule has 0 bridgehead atoms. The van der Waals surface area contributed by atoms with E-state index in [2.05, 4.69) is 38.1 Å². The Labute approximate surface area is 131 Å². The highest BCUT2D eigenvalue weighted by atomic mass is 79.9. The van der Waals surface area contributed by atoms with Crippen molar-refractivity contribution in [2.45, 2.75) is 20.0 Å². The molecule has 0 saturated heterocycles. The number of benzene rings is 1. The Morgan fingerprint density at radius 2 is 2.25 bits per heavy atom. The van der Waals surface area contributed by atoms with Crippen molar-refractivity contribution in [1.82, 2.24) is 9.97 Å². The smallest absolute Gasteiger partial charge is 0.237 e. The Balaban J connectivity index is 2.04. The summed E-state index contributed by atoms with van der Waals surface area (Å²) in [5.74, 6) is 0.917. The van der Waals surface area contributed by atoms with E-state index in [0.29, 0.717) is 23.5 Å². The maximum Gasteiger partial charge on any atom is 0.237 e. The molecule has 0 aliphatic carbocycles. The second-order valence-corrected chi connectivity index (χ2v) is 5.51. The largest absolute Gasteiger partial charge is 0.472 e. The van der Waals surface area contributed by atoms with E-state index >= 15 is 0 Å². The highest BCUT2D eigenvalue weighted by Gasteiger charge is 2.07. The normalized spacial score (nSPS) is 10.3. The third-order valence-electron chi connectivity index (χ3n) is 2.51. The lowest BCUT2D eigenvalue weighted by atomic mass is 10.2. The SMILES string of the molecule is CCCNc1ncc(Cl)c(OCc2cccc(Br)c2)n1. The average molecular weight is 357 g/mol. The fourth-order valence-electron chi connectivity index (χ4n) is 1.55. The van der Waals surface area contributed by atoms with Gasteiger partial charge in [-0.05, 0) is 24.1 Å². The van der Waals surface area contributed by atoms with Gasteiger partial charge in [-0.1, -0.05) is 46.6 Å². The molecule has 0 amide bonds. The first kappa shape index (κ1) is 15.1. The quantitative estimate of drug-likeness (QED) is 0.838. The first-order chi connectivity index (χ1) is 9.69. The molecule has 1 heterocycles. The first-order valence-corrected chi connectivity index (χ1v) is 7.50. The van der Waals surface area contributed by atoms with Gasteiger partial charge in [-0.2, -0.15) is 4.98 Å².